The van der Waals surface area contributed by atoms with Crippen molar-refractivity contribution in [3.05, 3.63) is 33.9 Å². The van der Waals surface area contributed by atoms with Gasteiger partial charge in [0.1, 0.15) is 17.4 Å². The number of nitriles is 1. The lowest BCUT2D eigenvalue weighted by molar-refractivity contribution is -0.117. The number of benzene rings is 1. The molecule has 1 heterocycles. The Bertz CT molecular complexity index is 603. The van der Waals surface area contributed by atoms with Crippen LogP contribution in [0.4, 0.5) is 0 Å². The quantitative estimate of drug-likeness (QED) is 0.685. The number of halogens is 1. The van der Waals surface area contributed by atoms with E-state index in [1.165, 1.54) is 6.08 Å². The molecule has 20 heavy (non-hydrogen) atoms. The Morgan fingerprint density at radius 3 is 3.10 bits per heavy atom. The number of ether oxygens (including phenoxy) is 1. The van der Waals surface area contributed by atoms with Crippen LogP contribution in [0.25, 0.3) is 6.08 Å². The third-order valence-electron chi connectivity index (χ3n) is 2.98. The minimum Gasteiger partial charge on any atom is -0.492 e. The first kappa shape index (κ1) is 14.4. The molecule has 0 saturated carbocycles. The molecule has 0 atom stereocenters. The third kappa shape index (κ3) is 3.12. The van der Waals surface area contributed by atoms with Crippen molar-refractivity contribution in [1.29, 1.82) is 5.26 Å². The molecule has 0 bridgehead atoms. The predicted octanol–water partition coefficient (Wildman–Crippen LogP) is 2.71. The largest absolute Gasteiger partial charge is 0.492 e. The van der Waals surface area contributed by atoms with Gasteiger partial charge in [-0.15, -0.1) is 0 Å². The highest BCUT2D eigenvalue weighted by atomic mass is 35.5. The fourth-order valence-electron chi connectivity index (χ4n) is 2.04. The maximum atomic E-state index is 11.8. The molecule has 0 fully saturated rings. The molecule has 1 aromatic carbocycles. The Labute approximate surface area is 123 Å². The maximum Gasteiger partial charge on any atom is 0.261 e. The van der Waals surface area contributed by atoms with Crippen molar-refractivity contribution in [2.45, 2.75) is 19.8 Å². The number of fused-ring (bicyclic) bond motifs is 1. The van der Waals surface area contributed by atoms with E-state index in [0.717, 1.165) is 18.4 Å². The van der Waals surface area contributed by atoms with Gasteiger partial charge in [-0.25, -0.2) is 0 Å². The van der Waals surface area contributed by atoms with Crippen LogP contribution in [-0.4, -0.2) is 19.1 Å². The highest BCUT2D eigenvalue weighted by molar-refractivity contribution is 6.30. The van der Waals surface area contributed by atoms with Crippen LogP contribution in [0.5, 0.6) is 5.75 Å². The molecule has 2 rings (SSSR count). The van der Waals surface area contributed by atoms with Crippen molar-refractivity contribution in [3.63, 3.8) is 0 Å². The number of carbonyl (C=O) groups excluding carboxylic acids is 1. The topological polar surface area (TPSA) is 62.1 Å². The Morgan fingerprint density at radius 1 is 1.60 bits per heavy atom. The van der Waals surface area contributed by atoms with Crippen molar-refractivity contribution in [2.75, 3.05) is 13.2 Å². The molecule has 0 radical (unpaired) electrons. The van der Waals surface area contributed by atoms with Crippen LogP contribution in [0.3, 0.4) is 0 Å². The summed E-state index contributed by atoms with van der Waals surface area (Å²) < 4.78 is 5.55. The first-order valence-electron chi connectivity index (χ1n) is 6.51. The molecular weight excluding hydrogens is 276 g/mol. The lowest BCUT2D eigenvalue weighted by Crippen LogP contribution is -2.25. The number of nitrogens with zero attached hydrogens (tertiary/aromatic N) is 1. The Hall–Kier alpha value is -1.99. The highest BCUT2D eigenvalue weighted by Gasteiger charge is 2.18. The zero-order chi connectivity index (χ0) is 14.5. The summed E-state index contributed by atoms with van der Waals surface area (Å²) >= 11 is 6.05. The normalized spacial score (nSPS) is 13.3. The van der Waals surface area contributed by atoms with Crippen LogP contribution in [-0.2, 0) is 11.2 Å². The van der Waals surface area contributed by atoms with Crippen LogP contribution in [0, 0.1) is 11.3 Å². The van der Waals surface area contributed by atoms with Crippen LogP contribution >= 0.6 is 11.6 Å². The Morgan fingerprint density at radius 2 is 2.40 bits per heavy atom. The molecule has 0 saturated heterocycles. The predicted molar refractivity (Wildman–Crippen MR) is 77.5 cm³/mol. The van der Waals surface area contributed by atoms with E-state index >= 15 is 0 Å². The zero-order valence-corrected chi connectivity index (χ0v) is 12.0. The molecule has 1 aliphatic rings. The molecule has 1 N–H and O–H groups in total. The summed E-state index contributed by atoms with van der Waals surface area (Å²) in [6, 6.07) is 5.48. The van der Waals surface area contributed by atoms with Crippen LogP contribution in [0.15, 0.2) is 17.7 Å². The Kier molecular flexibility index (Phi) is 4.65. The molecule has 5 heteroatoms. The van der Waals surface area contributed by atoms with Gasteiger partial charge in [-0.3, -0.25) is 4.79 Å². The molecule has 0 spiro atoms. The van der Waals surface area contributed by atoms with Gasteiger partial charge in [0.25, 0.3) is 5.91 Å². The monoisotopic (exact) mass is 290 g/mol. The molecule has 1 amide bonds. The summed E-state index contributed by atoms with van der Waals surface area (Å²) in [6.45, 7) is 3.09. The molecule has 104 valence electrons. The summed E-state index contributed by atoms with van der Waals surface area (Å²) in [7, 11) is 0. The summed E-state index contributed by atoms with van der Waals surface area (Å²) in [6.07, 6.45) is 3.14. The minimum absolute atomic E-state index is 0.0541. The number of carbonyl (C=O) groups is 1. The van der Waals surface area contributed by atoms with E-state index in [1.807, 2.05) is 19.1 Å². The van der Waals surface area contributed by atoms with Gasteiger partial charge in [0.15, 0.2) is 0 Å². The molecular formula is C15H15ClN2O2. The van der Waals surface area contributed by atoms with Crippen molar-refractivity contribution in [3.8, 4) is 11.8 Å². The molecule has 1 aliphatic heterocycles. The van der Waals surface area contributed by atoms with Crippen LogP contribution in [0.2, 0.25) is 5.02 Å². The maximum absolute atomic E-state index is 11.8. The number of amides is 1. The van der Waals surface area contributed by atoms with Crippen molar-refractivity contribution in [1.82, 2.24) is 5.32 Å². The van der Waals surface area contributed by atoms with Gasteiger partial charge in [0.05, 0.1) is 6.61 Å². The smallest absolute Gasteiger partial charge is 0.261 e. The molecule has 0 aliphatic carbocycles. The second kappa shape index (κ2) is 6.44. The van der Waals surface area contributed by atoms with E-state index in [9.17, 15) is 4.79 Å². The van der Waals surface area contributed by atoms with E-state index in [2.05, 4.69) is 5.32 Å². The molecule has 4 nitrogen and oxygen atoms in total. The molecule has 0 unspecified atom stereocenters. The fourth-order valence-corrected chi connectivity index (χ4v) is 2.29. The molecule has 0 aromatic heterocycles. The first-order valence-corrected chi connectivity index (χ1v) is 6.88. The average molecular weight is 291 g/mol. The fraction of sp³-hybridized carbons (Fsp3) is 0.333. The van der Waals surface area contributed by atoms with E-state index in [1.54, 1.807) is 6.07 Å². The van der Waals surface area contributed by atoms with Crippen LogP contribution < -0.4 is 10.1 Å². The van der Waals surface area contributed by atoms with Crippen molar-refractivity contribution in [2.24, 2.45) is 0 Å². The van der Waals surface area contributed by atoms with E-state index in [0.29, 0.717) is 29.5 Å². The number of nitrogens with one attached hydrogen (secondary N) is 1. The second-order valence-corrected chi connectivity index (χ2v) is 4.94. The standard InChI is InChI=1S/C15H15ClN2O2/c1-2-4-18-15(19)12(9-17)6-11-8-13(16)7-10-3-5-20-14(10)11/h6-8H,2-5H2,1H3,(H,18,19)/b12-6+. The highest BCUT2D eigenvalue weighted by Crippen LogP contribution is 2.34. The van der Waals surface area contributed by atoms with Gasteiger partial charge in [-0.1, -0.05) is 18.5 Å². The lowest BCUT2D eigenvalue weighted by Gasteiger charge is -2.06. The first-order chi connectivity index (χ1) is 9.65. The van der Waals surface area contributed by atoms with Crippen molar-refractivity contribution < 1.29 is 9.53 Å². The van der Waals surface area contributed by atoms with Gasteiger partial charge < -0.3 is 10.1 Å². The second-order valence-electron chi connectivity index (χ2n) is 4.51. The lowest BCUT2D eigenvalue weighted by atomic mass is 10.1. The SMILES string of the molecule is CCCNC(=O)/C(C#N)=C/c1cc(Cl)cc2c1OCC2. The Balaban J connectivity index is 2.34. The zero-order valence-electron chi connectivity index (χ0n) is 11.2. The molecule has 1 aromatic rings. The van der Waals surface area contributed by atoms with Gasteiger partial charge >= 0.3 is 0 Å². The minimum atomic E-state index is -0.374. The van der Waals surface area contributed by atoms with E-state index in [-0.39, 0.29) is 11.5 Å². The van der Waals surface area contributed by atoms with Gasteiger partial charge in [0, 0.05) is 23.6 Å². The van der Waals surface area contributed by atoms with Gasteiger partial charge in [-0.2, -0.15) is 5.26 Å². The number of rotatable bonds is 4. The average Bonchev–Trinajstić information content (AvgIpc) is 2.89. The summed E-state index contributed by atoms with van der Waals surface area (Å²) in [4.78, 5) is 11.8. The van der Waals surface area contributed by atoms with Gasteiger partial charge in [0.2, 0.25) is 0 Å². The summed E-state index contributed by atoms with van der Waals surface area (Å²) in [5, 5.41) is 12.4. The number of hydrogen-bond donors (Lipinski definition) is 1. The van der Waals surface area contributed by atoms with Gasteiger partial charge in [-0.05, 0) is 30.2 Å². The van der Waals surface area contributed by atoms with E-state index < -0.39 is 0 Å². The number of hydrogen-bond acceptors (Lipinski definition) is 3. The third-order valence-corrected chi connectivity index (χ3v) is 3.20. The summed E-state index contributed by atoms with van der Waals surface area (Å²) in [5.74, 6) is 0.339. The van der Waals surface area contributed by atoms with Crippen LogP contribution in [0.1, 0.15) is 24.5 Å². The van der Waals surface area contributed by atoms with Crippen molar-refractivity contribution >= 4 is 23.6 Å². The van der Waals surface area contributed by atoms with E-state index in [4.69, 9.17) is 21.6 Å². The summed E-state index contributed by atoms with van der Waals surface area (Å²) in [5.41, 5.74) is 1.74.